The van der Waals surface area contributed by atoms with Crippen molar-refractivity contribution in [2.75, 3.05) is 13.1 Å². The van der Waals surface area contributed by atoms with Crippen molar-refractivity contribution in [3.8, 4) is 0 Å². The van der Waals surface area contributed by atoms with Crippen LogP contribution in [0.2, 0.25) is 0 Å². The Morgan fingerprint density at radius 3 is 2.36 bits per heavy atom. The van der Waals surface area contributed by atoms with Crippen molar-refractivity contribution in [2.45, 2.75) is 86.0 Å². The van der Waals surface area contributed by atoms with Crippen molar-refractivity contribution in [3.05, 3.63) is 0 Å². The number of hydrogen-bond acceptors (Lipinski definition) is 1. The van der Waals surface area contributed by atoms with E-state index in [2.05, 4.69) is 39.5 Å². The number of rotatable bonds is 7. The van der Waals surface area contributed by atoms with E-state index >= 15 is 0 Å². The molecule has 5 unspecified atom stereocenters. The Labute approximate surface area is 156 Å². The highest BCUT2D eigenvalue weighted by atomic mass is 16.2. The first kappa shape index (κ1) is 19.2. The van der Waals surface area contributed by atoms with Gasteiger partial charge in [0.2, 0.25) is 5.91 Å². The molecule has 1 saturated heterocycles. The third kappa shape index (κ3) is 4.61. The summed E-state index contributed by atoms with van der Waals surface area (Å²) in [5.41, 5.74) is 0.470. The normalized spacial score (nSPS) is 33.9. The van der Waals surface area contributed by atoms with Gasteiger partial charge in [-0.05, 0) is 80.0 Å². The van der Waals surface area contributed by atoms with Gasteiger partial charge in [-0.25, -0.2) is 0 Å². The molecule has 3 rings (SSSR count). The van der Waals surface area contributed by atoms with Crippen LogP contribution in [0, 0.1) is 40.9 Å². The van der Waals surface area contributed by atoms with Gasteiger partial charge in [0.25, 0.3) is 0 Å². The predicted octanol–water partition coefficient (Wildman–Crippen LogP) is 5.76. The summed E-state index contributed by atoms with van der Waals surface area (Å²) >= 11 is 0. The van der Waals surface area contributed by atoms with Gasteiger partial charge in [0.1, 0.15) is 0 Å². The summed E-state index contributed by atoms with van der Waals surface area (Å²) in [7, 11) is 0. The molecular formula is C23H41NO. The van der Waals surface area contributed by atoms with Crippen LogP contribution in [0.15, 0.2) is 0 Å². The van der Waals surface area contributed by atoms with Gasteiger partial charge in [-0.3, -0.25) is 4.79 Å². The zero-order chi connectivity index (χ0) is 18.2. The molecule has 0 radical (unpaired) electrons. The first-order valence-electron chi connectivity index (χ1n) is 11.1. The number of carbonyl (C=O) groups is 1. The van der Waals surface area contributed by atoms with Crippen molar-refractivity contribution in [1.82, 2.24) is 4.90 Å². The average Bonchev–Trinajstić information content (AvgIpc) is 2.97. The van der Waals surface area contributed by atoms with E-state index in [0.717, 1.165) is 49.1 Å². The minimum atomic E-state index is 0.237. The smallest absolute Gasteiger partial charge is 0.225 e. The van der Waals surface area contributed by atoms with Crippen LogP contribution in [-0.4, -0.2) is 23.9 Å². The lowest BCUT2D eigenvalue weighted by Crippen LogP contribution is -2.33. The fourth-order valence-corrected chi connectivity index (χ4v) is 6.07. The van der Waals surface area contributed by atoms with Crippen LogP contribution in [-0.2, 0) is 4.79 Å². The molecule has 0 aromatic rings. The monoisotopic (exact) mass is 347 g/mol. The van der Waals surface area contributed by atoms with E-state index in [1.54, 1.807) is 0 Å². The van der Waals surface area contributed by atoms with Gasteiger partial charge in [0.15, 0.2) is 0 Å². The third-order valence-electron chi connectivity index (χ3n) is 7.76. The number of hydrogen-bond donors (Lipinski definition) is 0. The summed E-state index contributed by atoms with van der Waals surface area (Å²) in [5, 5.41) is 0. The summed E-state index contributed by atoms with van der Waals surface area (Å²) in [6.45, 7) is 14.0. The van der Waals surface area contributed by atoms with Gasteiger partial charge >= 0.3 is 0 Å². The van der Waals surface area contributed by atoms with Crippen LogP contribution in [0.25, 0.3) is 0 Å². The molecule has 25 heavy (non-hydrogen) atoms. The maximum atomic E-state index is 12.6. The third-order valence-corrected chi connectivity index (χ3v) is 7.76. The fraction of sp³-hybridized carbons (Fsp3) is 0.957. The standard InChI is InChI=1S/C23H41NO/c1-16(2)19-9-8-18(13-19)15-23(4,5)21-14-20(21)12-17(3)22(25)24-10-6-7-11-24/h16-21H,6-15H2,1-5H3. The molecule has 0 aromatic carbocycles. The van der Waals surface area contributed by atoms with Gasteiger partial charge < -0.3 is 4.90 Å². The Morgan fingerprint density at radius 2 is 1.76 bits per heavy atom. The van der Waals surface area contributed by atoms with Crippen LogP contribution in [0.1, 0.15) is 86.0 Å². The Balaban J connectivity index is 1.44. The largest absolute Gasteiger partial charge is 0.342 e. The molecule has 3 aliphatic rings. The van der Waals surface area contributed by atoms with Gasteiger partial charge in [0.05, 0.1) is 0 Å². The molecule has 1 amide bonds. The highest BCUT2D eigenvalue weighted by molar-refractivity contribution is 5.78. The van der Waals surface area contributed by atoms with Crippen LogP contribution >= 0.6 is 0 Å². The van der Waals surface area contributed by atoms with Crippen LogP contribution in [0.3, 0.4) is 0 Å². The second-order valence-corrected chi connectivity index (χ2v) is 10.6. The quantitative estimate of drug-likeness (QED) is 0.573. The molecular weight excluding hydrogens is 306 g/mol. The molecule has 2 saturated carbocycles. The van der Waals surface area contributed by atoms with E-state index in [1.807, 2.05) is 0 Å². The van der Waals surface area contributed by atoms with E-state index in [0.29, 0.717) is 11.3 Å². The van der Waals surface area contributed by atoms with Crippen molar-refractivity contribution >= 4 is 5.91 Å². The Morgan fingerprint density at radius 1 is 1.08 bits per heavy atom. The van der Waals surface area contributed by atoms with Gasteiger partial charge in [0, 0.05) is 19.0 Å². The van der Waals surface area contributed by atoms with Crippen LogP contribution < -0.4 is 0 Å². The van der Waals surface area contributed by atoms with Crippen molar-refractivity contribution in [3.63, 3.8) is 0 Å². The highest BCUT2D eigenvalue weighted by Gasteiger charge is 2.49. The number of amides is 1. The maximum absolute atomic E-state index is 12.6. The summed E-state index contributed by atoms with van der Waals surface area (Å²) in [6.07, 6.45) is 10.7. The molecule has 2 nitrogen and oxygen atoms in total. The van der Waals surface area contributed by atoms with Crippen LogP contribution in [0.5, 0.6) is 0 Å². The molecule has 1 aliphatic heterocycles. The zero-order valence-electron chi connectivity index (χ0n) is 17.4. The second kappa shape index (κ2) is 7.61. The summed E-state index contributed by atoms with van der Waals surface area (Å²) in [6, 6.07) is 0. The molecule has 5 atom stereocenters. The summed E-state index contributed by atoms with van der Waals surface area (Å²) < 4.78 is 0. The molecule has 0 N–H and O–H groups in total. The van der Waals surface area contributed by atoms with Crippen LogP contribution in [0.4, 0.5) is 0 Å². The number of nitrogens with zero attached hydrogens (tertiary/aromatic N) is 1. The van der Waals surface area contributed by atoms with Crippen molar-refractivity contribution < 1.29 is 4.79 Å². The zero-order valence-corrected chi connectivity index (χ0v) is 17.4. The molecule has 2 heteroatoms. The molecule has 2 aliphatic carbocycles. The number of likely N-dealkylation sites (tertiary alicyclic amines) is 1. The van der Waals surface area contributed by atoms with Gasteiger partial charge in [-0.15, -0.1) is 0 Å². The van der Waals surface area contributed by atoms with Gasteiger partial charge in [-0.1, -0.05) is 41.0 Å². The lowest BCUT2D eigenvalue weighted by Gasteiger charge is -2.29. The molecule has 1 heterocycles. The van der Waals surface area contributed by atoms with E-state index < -0.39 is 0 Å². The lowest BCUT2D eigenvalue weighted by molar-refractivity contribution is -0.134. The van der Waals surface area contributed by atoms with Crippen molar-refractivity contribution in [2.24, 2.45) is 40.9 Å². The van der Waals surface area contributed by atoms with E-state index in [4.69, 9.17) is 0 Å². The fourth-order valence-electron chi connectivity index (χ4n) is 6.07. The molecule has 144 valence electrons. The molecule has 0 aromatic heterocycles. The topological polar surface area (TPSA) is 20.3 Å². The average molecular weight is 348 g/mol. The highest BCUT2D eigenvalue weighted by Crippen LogP contribution is 2.57. The minimum absolute atomic E-state index is 0.237. The Hall–Kier alpha value is -0.530. The predicted molar refractivity (Wildman–Crippen MR) is 105 cm³/mol. The Kier molecular flexibility index (Phi) is 5.85. The van der Waals surface area contributed by atoms with Gasteiger partial charge in [-0.2, -0.15) is 0 Å². The maximum Gasteiger partial charge on any atom is 0.225 e. The number of carbonyl (C=O) groups excluding carboxylic acids is 1. The first-order valence-corrected chi connectivity index (χ1v) is 11.1. The molecule has 0 bridgehead atoms. The van der Waals surface area contributed by atoms with E-state index in [1.165, 1.54) is 44.9 Å². The lowest BCUT2D eigenvalue weighted by atomic mass is 9.76. The summed E-state index contributed by atoms with van der Waals surface area (Å²) in [5.74, 6) is 5.11. The Bertz CT molecular complexity index is 463. The molecule has 3 fully saturated rings. The summed E-state index contributed by atoms with van der Waals surface area (Å²) in [4.78, 5) is 14.7. The van der Waals surface area contributed by atoms with Crippen molar-refractivity contribution in [1.29, 1.82) is 0 Å². The van der Waals surface area contributed by atoms with E-state index in [-0.39, 0.29) is 5.92 Å². The molecule has 0 spiro atoms. The second-order valence-electron chi connectivity index (χ2n) is 10.6. The SMILES string of the molecule is CC(CC1CC1C(C)(C)CC1CCC(C(C)C)C1)C(=O)N1CCCC1. The first-order chi connectivity index (χ1) is 11.8. The minimum Gasteiger partial charge on any atom is -0.342 e. The van der Waals surface area contributed by atoms with E-state index in [9.17, 15) is 4.79 Å².